The topological polar surface area (TPSA) is 23.1 Å². The van der Waals surface area contributed by atoms with Crippen molar-refractivity contribution in [2.75, 3.05) is 5.75 Å². The van der Waals surface area contributed by atoms with Crippen LogP contribution < -0.4 is 0 Å². The molecular weight excluding hydrogens is 132 g/mol. The second-order valence-corrected chi connectivity index (χ2v) is 4.16. The maximum absolute atomic E-state index is 10.6. The normalized spacial score (nSPS) is 42.0. The molecule has 0 N–H and O–H groups in total. The van der Waals surface area contributed by atoms with E-state index in [4.69, 9.17) is 11.6 Å². The summed E-state index contributed by atoms with van der Waals surface area (Å²) in [5, 5.41) is 0. The highest BCUT2D eigenvalue weighted by atomic mass is 35.5. The summed E-state index contributed by atoms with van der Waals surface area (Å²) >= 11 is 4.86. The van der Waals surface area contributed by atoms with Gasteiger partial charge in [-0.25, -0.2) is 0 Å². The van der Waals surface area contributed by atoms with Gasteiger partial charge in [0.25, 0.3) is 0 Å². The van der Waals surface area contributed by atoms with Crippen LogP contribution in [0.15, 0.2) is 0 Å². The van der Waals surface area contributed by atoms with Crippen LogP contribution in [0.25, 0.3) is 0 Å². The molecule has 3 heteroatoms. The van der Waals surface area contributed by atoms with Crippen LogP contribution in [-0.2, 0) is 11.2 Å². The summed E-state index contributed by atoms with van der Waals surface area (Å²) in [6.45, 7) is 0. The fraction of sp³-hybridized carbons (Fsp3) is 1.00. The predicted octanol–water partition coefficient (Wildman–Crippen LogP) is 1.09. The molecule has 0 spiro atoms. The minimum Gasteiger partial charge on any atom is -0.615 e. The molecule has 0 radical (unpaired) electrons. The van der Waals surface area contributed by atoms with E-state index < -0.39 is 11.2 Å². The molecule has 1 saturated heterocycles. The Kier molecular flexibility index (Phi) is 1.84. The molecule has 1 aliphatic heterocycles. The Morgan fingerprint density at radius 3 is 2.57 bits per heavy atom. The van der Waals surface area contributed by atoms with Crippen molar-refractivity contribution in [3.8, 4) is 0 Å². The van der Waals surface area contributed by atoms with Crippen molar-refractivity contribution in [3.05, 3.63) is 0 Å². The fourth-order valence-corrected chi connectivity index (χ4v) is 2.20. The first-order valence-corrected chi connectivity index (χ1v) is 4.14. The van der Waals surface area contributed by atoms with Crippen LogP contribution in [0.1, 0.15) is 12.8 Å². The Hall–Kier alpha value is 0.600. The molecule has 0 aromatic carbocycles. The minimum atomic E-state index is -0.702. The van der Waals surface area contributed by atoms with Gasteiger partial charge < -0.3 is 4.55 Å². The quantitative estimate of drug-likeness (QED) is 0.363. The van der Waals surface area contributed by atoms with Crippen molar-refractivity contribution in [1.29, 1.82) is 0 Å². The molecule has 7 heavy (non-hydrogen) atoms. The highest BCUT2D eigenvalue weighted by Gasteiger charge is 2.25. The third-order valence-corrected chi connectivity index (χ3v) is 3.37. The minimum absolute atomic E-state index is 0.0417. The molecule has 0 aromatic heterocycles. The standard InChI is InChI=1S/C4H7ClOS/c5-4-2-1-3-7(4)6/h4H,1-3H2/t4-,7-/m1/s1. The predicted molar refractivity (Wildman–Crippen MR) is 31.9 cm³/mol. The summed E-state index contributed by atoms with van der Waals surface area (Å²) in [7, 11) is 0. The molecule has 1 nitrogen and oxygen atoms in total. The summed E-state index contributed by atoms with van der Waals surface area (Å²) in [5.41, 5.74) is 0. The van der Waals surface area contributed by atoms with Crippen LogP contribution in [-0.4, -0.2) is 15.0 Å². The van der Waals surface area contributed by atoms with E-state index in [-0.39, 0.29) is 4.71 Å². The highest BCUT2D eigenvalue weighted by molar-refractivity contribution is 7.93. The maximum Gasteiger partial charge on any atom is 0.188 e. The first-order chi connectivity index (χ1) is 3.30. The van der Waals surface area contributed by atoms with Crippen LogP contribution in [0.3, 0.4) is 0 Å². The lowest BCUT2D eigenvalue weighted by Crippen LogP contribution is -2.07. The SMILES string of the molecule is [O-][S@+]1CCC[C@@H]1Cl. The molecule has 0 bridgehead atoms. The second kappa shape index (κ2) is 2.25. The van der Waals surface area contributed by atoms with E-state index in [9.17, 15) is 4.55 Å². The molecular formula is C4H7ClOS. The Balaban J connectivity index is 2.33. The van der Waals surface area contributed by atoms with Crippen molar-refractivity contribution in [1.82, 2.24) is 0 Å². The molecule has 42 valence electrons. The molecule has 1 rings (SSSR count). The van der Waals surface area contributed by atoms with Crippen LogP contribution in [0.2, 0.25) is 0 Å². The van der Waals surface area contributed by atoms with Crippen molar-refractivity contribution >= 4 is 22.8 Å². The third kappa shape index (κ3) is 1.24. The van der Waals surface area contributed by atoms with E-state index in [0.717, 1.165) is 18.6 Å². The molecule has 1 heterocycles. The monoisotopic (exact) mass is 138 g/mol. The molecule has 2 atom stereocenters. The van der Waals surface area contributed by atoms with Gasteiger partial charge in [0.05, 0.1) is 0 Å². The average molecular weight is 139 g/mol. The molecule has 0 amide bonds. The highest BCUT2D eigenvalue weighted by Crippen LogP contribution is 2.22. The van der Waals surface area contributed by atoms with Gasteiger partial charge in [0, 0.05) is 6.42 Å². The number of rotatable bonds is 0. The van der Waals surface area contributed by atoms with Crippen molar-refractivity contribution in [2.45, 2.75) is 17.6 Å². The Morgan fingerprint density at radius 1 is 1.71 bits per heavy atom. The van der Waals surface area contributed by atoms with Gasteiger partial charge in [-0.05, 0) is 17.6 Å². The summed E-state index contributed by atoms with van der Waals surface area (Å²) in [6, 6.07) is 0. The van der Waals surface area contributed by atoms with E-state index in [0.29, 0.717) is 0 Å². The number of alkyl halides is 1. The number of halogens is 1. The van der Waals surface area contributed by atoms with Crippen LogP contribution in [0.4, 0.5) is 0 Å². The maximum atomic E-state index is 10.6. The Bertz CT molecular complexity index is 60.7. The van der Waals surface area contributed by atoms with Gasteiger partial charge in [-0.2, -0.15) is 0 Å². The van der Waals surface area contributed by atoms with Gasteiger partial charge in [0.1, 0.15) is 5.75 Å². The Morgan fingerprint density at radius 2 is 2.43 bits per heavy atom. The zero-order chi connectivity index (χ0) is 5.28. The van der Waals surface area contributed by atoms with Gasteiger partial charge in [-0.1, -0.05) is 11.6 Å². The lowest BCUT2D eigenvalue weighted by molar-refractivity contribution is 0.599. The van der Waals surface area contributed by atoms with E-state index in [1.165, 1.54) is 0 Å². The third-order valence-electron chi connectivity index (χ3n) is 1.06. The average Bonchev–Trinajstić information content (AvgIpc) is 1.91. The lowest BCUT2D eigenvalue weighted by Gasteiger charge is -2.03. The smallest absolute Gasteiger partial charge is 0.188 e. The molecule has 1 aliphatic rings. The summed E-state index contributed by atoms with van der Waals surface area (Å²) in [5.74, 6) is 0.814. The first kappa shape index (κ1) is 5.73. The van der Waals surface area contributed by atoms with E-state index in [1.807, 2.05) is 0 Å². The molecule has 1 fully saturated rings. The first-order valence-electron chi connectivity index (χ1n) is 2.32. The Labute approximate surface area is 51.2 Å². The molecule has 0 unspecified atom stereocenters. The van der Waals surface area contributed by atoms with Gasteiger partial charge in [-0.3, -0.25) is 0 Å². The summed E-state index contributed by atoms with van der Waals surface area (Å²) in [6.07, 6.45) is 1.98. The van der Waals surface area contributed by atoms with Gasteiger partial charge in [-0.15, -0.1) is 0 Å². The number of hydrogen-bond acceptors (Lipinski definition) is 1. The number of hydrogen-bond donors (Lipinski definition) is 0. The van der Waals surface area contributed by atoms with E-state index >= 15 is 0 Å². The zero-order valence-corrected chi connectivity index (χ0v) is 5.47. The van der Waals surface area contributed by atoms with Gasteiger partial charge >= 0.3 is 0 Å². The van der Waals surface area contributed by atoms with Crippen molar-refractivity contribution in [3.63, 3.8) is 0 Å². The molecule has 0 aromatic rings. The fourth-order valence-electron chi connectivity index (χ4n) is 0.645. The van der Waals surface area contributed by atoms with Crippen LogP contribution >= 0.6 is 11.6 Å². The van der Waals surface area contributed by atoms with Crippen molar-refractivity contribution in [2.24, 2.45) is 0 Å². The summed E-state index contributed by atoms with van der Waals surface area (Å²) < 4.78 is 10.5. The van der Waals surface area contributed by atoms with Crippen LogP contribution in [0, 0.1) is 0 Å². The van der Waals surface area contributed by atoms with Gasteiger partial charge in [0.15, 0.2) is 4.71 Å². The molecule has 0 saturated carbocycles. The summed E-state index contributed by atoms with van der Waals surface area (Å²) in [4.78, 5) is 0. The second-order valence-electron chi connectivity index (χ2n) is 1.64. The van der Waals surface area contributed by atoms with E-state index in [1.54, 1.807) is 0 Å². The molecule has 0 aliphatic carbocycles. The van der Waals surface area contributed by atoms with Crippen LogP contribution in [0.5, 0.6) is 0 Å². The van der Waals surface area contributed by atoms with E-state index in [2.05, 4.69) is 0 Å². The van der Waals surface area contributed by atoms with Crippen molar-refractivity contribution < 1.29 is 4.55 Å². The lowest BCUT2D eigenvalue weighted by atomic mass is 10.4. The zero-order valence-electron chi connectivity index (χ0n) is 3.89. The largest absolute Gasteiger partial charge is 0.615 e. The van der Waals surface area contributed by atoms with Gasteiger partial charge in [0.2, 0.25) is 0 Å².